The Morgan fingerprint density at radius 2 is 1.95 bits per heavy atom. The van der Waals surface area contributed by atoms with Crippen LogP contribution in [0.3, 0.4) is 0 Å². The monoisotopic (exact) mass is 306 g/mol. The lowest BCUT2D eigenvalue weighted by Gasteiger charge is -2.00. The lowest BCUT2D eigenvalue weighted by molar-refractivity contribution is 0.796. The van der Waals surface area contributed by atoms with Crippen LogP contribution in [0.5, 0.6) is 0 Å². The Bertz CT molecular complexity index is 919. The fraction of sp³-hybridized carbons (Fsp3) is 0.211. The molecule has 2 aromatic heterocycles. The van der Waals surface area contributed by atoms with E-state index in [9.17, 15) is 0 Å². The molecule has 0 saturated carbocycles. The topological polar surface area (TPSA) is 17.3 Å². The second-order valence-corrected chi connectivity index (χ2v) is 6.66. The highest BCUT2D eigenvalue weighted by Gasteiger charge is 2.10. The predicted octanol–water partition coefficient (Wildman–Crippen LogP) is 5.56. The van der Waals surface area contributed by atoms with Gasteiger partial charge in [0, 0.05) is 11.8 Å². The van der Waals surface area contributed by atoms with E-state index in [2.05, 4.69) is 60.0 Å². The fourth-order valence-corrected chi connectivity index (χ4v) is 3.90. The van der Waals surface area contributed by atoms with Crippen molar-refractivity contribution in [3.63, 3.8) is 0 Å². The zero-order valence-electron chi connectivity index (χ0n) is 12.6. The average Bonchev–Trinajstić information content (AvgIpc) is 3.11. The number of aryl methyl sites for hydroxylation is 1. The maximum Gasteiger partial charge on any atom is 0.195 e. The smallest absolute Gasteiger partial charge is 0.195 e. The zero-order chi connectivity index (χ0) is 14.9. The normalized spacial score (nSPS) is 11.5. The van der Waals surface area contributed by atoms with Crippen LogP contribution in [0.2, 0.25) is 0 Å². The lowest BCUT2D eigenvalue weighted by Crippen LogP contribution is -1.84. The Morgan fingerprint density at radius 3 is 2.77 bits per heavy atom. The van der Waals surface area contributed by atoms with Crippen LogP contribution in [0, 0.1) is 0 Å². The van der Waals surface area contributed by atoms with Crippen LogP contribution in [-0.2, 0) is 6.42 Å². The van der Waals surface area contributed by atoms with Crippen molar-refractivity contribution in [1.29, 1.82) is 0 Å². The van der Waals surface area contributed by atoms with Crippen LogP contribution in [0.15, 0.2) is 54.7 Å². The average molecular weight is 306 g/mol. The Kier molecular flexibility index (Phi) is 3.43. The minimum Gasteiger partial charge on any atom is -0.290 e. The summed E-state index contributed by atoms with van der Waals surface area (Å²) in [6.07, 6.45) is 5.82. The lowest BCUT2D eigenvalue weighted by atomic mass is 10.1. The third-order valence-corrected chi connectivity index (χ3v) is 5.06. The van der Waals surface area contributed by atoms with E-state index < -0.39 is 0 Å². The SMILES string of the molecule is CCCCc1ccc2c(c1)sc1nc(-c3ccccc3)cn12. The molecule has 0 atom stereocenters. The number of hydrogen-bond acceptors (Lipinski definition) is 2. The van der Waals surface area contributed by atoms with Crippen LogP contribution in [0.1, 0.15) is 25.3 Å². The number of thiazole rings is 1. The van der Waals surface area contributed by atoms with Crippen LogP contribution < -0.4 is 0 Å². The van der Waals surface area contributed by atoms with Gasteiger partial charge in [-0.05, 0) is 30.5 Å². The third-order valence-electron chi connectivity index (χ3n) is 4.05. The Hall–Kier alpha value is -2.13. The van der Waals surface area contributed by atoms with Crippen LogP contribution in [0.25, 0.3) is 26.4 Å². The second kappa shape index (κ2) is 5.58. The van der Waals surface area contributed by atoms with Crippen molar-refractivity contribution in [2.75, 3.05) is 0 Å². The highest BCUT2D eigenvalue weighted by molar-refractivity contribution is 7.23. The molecular weight excluding hydrogens is 288 g/mol. The molecule has 0 fully saturated rings. The number of hydrogen-bond donors (Lipinski definition) is 0. The molecule has 0 N–H and O–H groups in total. The summed E-state index contributed by atoms with van der Waals surface area (Å²) in [5.74, 6) is 0. The third kappa shape index (κ3) is 2.32. The van der Waals surface area contributed by atoms with Crippen molar-refractivity contribution in [3.8, 4) is 11.3 Å². The summed E-state index contributed by atoms with van der Waals surface area (Å²) in [5, 5.41) is 0. The zero-order valence-corrected chi connectivity index (χ0v) is 13.4. The number of benzene rings is 2. The van der Waals surface area contributed by atoms with Crippen LogP contribution in [-0.4, -0.2) is 9.38 Å². The van der Waals surface area contributed by atoms with E-state index >= 15 is 0 Å². The fourth-order valence-electron chi connectivity index (χ4n) is 2.83. The molecule has 0 amide bonds. The van der Waals surface area contributed by atoms with Gasteiger partial charge in [-0.3, -0.25) is 4.40 Å². The molecule has 2 aromatic carbocycles. The van der Waals surface area contributed by atoms with Gasteiger partial charge in [0.1, 0.15) is 0 Å². The van der Waals surface area contributed by atoms with Gasteiger partial charge in [-0.2, -0.15) is 0 Å². The van der Waals surface area contributed by atoms with Crippen LogP contribution >= 0.6 is 11.3 Å². The molecule has 0 unspecified atom stereocenters. The minimum absolute atomic E-state index is 1.05. The number of unbranched alkanes of at least 4 members (excludes halogenated alkanes) is 1. The summed E-state index contributed by atoms with van der Waals surface area (Å²) in [4.78, 5) is 5.86. The largest absolute Gasteiger partial charge is 0.290 e. The first-order chi connectivity index (χ1) is 10.8. The molecule has 4 rings (SSSR count). The van der Waals surface area contributed by atoms with Gasteiger partial charge in [0.2, 0.25) is 0 Å². The molecule has 0 radical (unpaired) electrons. The Labute approximate surface area is 134 Å². The molecule has 0 saturated heterocycles. The molecule has 2 heterocycles. The first kappa shape index (κ1) is 13.5. The molecule has 110 valence electrons. The van der Waals surface area contributed by atoms with Crippen LogP contribution in [0.4, 0.5) is 0 Å². The minimum atomic E-state index is 1.05. The van der Waals surface area contributed by atoms with Crippen molar-refractivity contribution in [3.05, 3.63) is 60.3 Å². The van der Waals surface area contributed by atoms with Gasteiger partial charge < -0.3 is 0 Å². The molecule has 22 heavy (non-hydrogen) atoms. The van der Waals surface area contributed by atoms with Crippen molar-refractivity contribution in [1.82, 2.24) is 9.38 Å². The van der Waals surface area contributed by atoms with Crippen molar-refractivity contribution < 1.29 is 0 Å². The van der Waals surface area contributed by atoms with Gasteiger partial charge in [0.15, 0.2) is 4.96 Å². The maximum atomic E-state index is 4.79. The number of rotatable bonds is 4. The standard InChI is InChI=1S/C19H18N2S/c1-2-3-7-14-10-11-17-18(12-14)22-19-20-16(13-21(17)19)15-8-5-4-6-9-15/h4-6,8-13H,2-3,7H2,1H3. The van der Waals surface area contributed by atoms with Crippen molar-refractivity contribution in [2.45, 2.75) is 26.2 Å². The molecule has 4 aromatic rings. The van der Waals surface area contributed by atoms with Gasteiger partial charge in [0.05, 0.1) is 15.9 Å². The Morgan fingerprint density at radius 1 is 1.09 bits per heavy atom. The molecule has 0 aliphatic carbocycles. The molecule has 2 nitrogen and oxygen atoms in total. The summed E-state index contributed by atoms with van der Waals surface area (Å²) in [6, 6.07) is 17.2. The summed E-state index contributed by atoms with van der Waals surface area (Å²) in [7, 11) is 0. The highest BCUT2D eigenvalue weighted by Crippen LogP contribution is 2.30. The summed E-state index contributed by atoms with van der Waals surface area (Å²) in [5.41, 5.74) is 4.91. The maximum absolute atomic E-state index is 4.79. The van der Waals surface area contributed by atoms with Gasteiger partial charge in [-0.1, -0.05) is 61.1 Å². The van der Waals surface area contributed by atoms with Gasteiger partial charge in [0.25, 0.3) is 0 Å². The molecule has 0 aliphatic rings. The van der Waals surface area contributed by atoms with E-state index in [1.807, 2.05) is 6.07 Å². The number of aromatic nitrogens is 2. The van der Waals surface area contributed by atoms with Crippen molar-refractivity contribution in [2.24, 2.45) is 0 Å². The summed E-state index contributed by atoms with van der Waals surface area (Å²) in [6.45, 7) is 2.24. The number of imidazole rings is 1. The summed E-state index contributed by atoms with van der Waals surface area (Å²) >= 11 is 1.78. The molecule has 0 aliphatic heterocycles. The molecule has 0 bridgehead atoms. The van der Waals surface area contributed by atoms with E-state index in [0.717, 1.165) is 10.7 Å². The first-order valence-corrected chi connectivity index (χ1v) is 8.63. The van der Waals surface area contributed by atoms with E-state index in [1.54, 1.807) is 11.3 Å². The van der Waals surface area contributed by atoms with E-state index in [4.69, 9.17) is 4.98 Å². The highest BCUT2D eigenvalue weighted by atomic mass is 32.1. The summed E-state index contributed by atoms with van der Waals surface area (Å²) < 4.78 is 3.54. The number of fused-ring (bicyclic) bond motifs is 3. The van der Waals surface area contributed by atoms with E-state index in [0.29, 0.717) is 0 Å². The van der Waals surface area contributed by atoms with Gasteiger partial charge in [-0.15, -0.1) is 0 Å². The quantitative estimate of drug-likeness (QED) is 0.482. The van der Waals surface area contributed by atoms with Crippen molar-refractivity contribution >= 4 is 26.5 Å². The van der Waals surface area contributed by atoms with E-state index in [1.165, 1.54) is 40.6 Å². The predicted molar refractivity (Wildman–Crippen MR) is 94.6 cm³/mol. The first-order valence-electron chi connectivity index (χ1n) is 7.81. The number of nitrogens with zero attached hydrogens (tertiary/aromatic N) is 2. The molecule has 3 heteroatoms. The second-order valence-electron chi connectivity index (χ2n) is 5.65. The molecular formula is C19H18N2S. The Balaban J connectivity index is 1.78. The van der Waals surface area contributed by atoms with Gasteiger partial charge in [-0.25, -0.2) is 4.98 Å². The van der Waals surface area contributed by atoms with Gasteiger partial charge >= 0.3 is 0 Å². The van der Waals surface area contributed by atoms with E-state index in [-0.39, 0.29) is 0 Å². The molecule has 0 spiro atoms.